The molecule has 1 saturated heterocycles. The third kappa shape index (κ3) is 5.49. The van der Waals surface area contributed by atoms with Crippen LogP contribution in [0.1, 0.15) is 12.8 Å². The topological polar surface area (TPSA) is 67.3 Å². The number of nitrogens with zero attached hydrogens (tertiary/aromatic N) is 3. The average molecular weight is 404 g/mol. The molecule has 1 aliphatic heterocycles. The van der Waals surface area contributed by atoms with Crippen molar-refractivity contribution in [2.24, 2.45) is 0 Å². The van der Waals surface area contributed by atoms with E-state index in [1.807, 2.05) is 4.90 Å². The fourth-order valence-electron chi connectivity index (χ4n) is 2.36. The van der Waals surface area contributed by atoms with Gasteiger partial charge in [-0.2, -0.15) is 0 Å². The average Bonchev–Trinajstić information content (AvgIpc) is 3.25. The summed E-state index contributed by atoms with van der Waals surface area (Å²) in [6.07, 6.45) is -2.61. The van der Waals surface area contributed by atoms with E-state index in [-0.39, 0.29) is 11.7 Å². The van der Waals surface area contributed by atoms with E-state index >= 15 is 0 Å². The number of carbonyl (C=O) groups is 1. The fourth-order valence-corrected chi connectivity index (χ4v) is 4.04. The quantitative estimate of drug-likeness (QED) is 0.737. The summed E-state index contributed by atoms with van der Waals surface area (Å²) in [6, 6.07) is 5.32. The van der Waals surface area contributed by atoms with Gasteiger partial charge in [-0.25, -0.2) is 0 Å². The number of alkyl halides is 3. The van der Waals surface area contributed by atoms with E-state index in [2.05, 4.69) is 20.3 Å². The van der Waals surface area contributed by atoms with Crippen molar-refractivity contribution in [3.8, 4) is 5.75 Å². The largest absolute Gasteiger partial charge is 0.573 e. The maximum Gasteiger partial charge on any atom is 0.573 e. The molecule has 0 saturated carbocycles. The number of benzene rings is 1. The highest BCUT2D eigenvalue weighted by Gasteiger charge is 2.30. The summed E-state index contributed by atoms with van der Waals surface area (Å²) < 4.78 is 40.9. The summed E-state index contributed by atoms with van der Waals surface area (Å²) in [5, 5.41) is 11.4. The Bertz CT molecular complexity index is 746. The van der Waals surface area contributed by atoms with Crippen LogP contribution in [0.15, 0.2) is 28.6 Å². The Labute approximate surface area is 155 Å². The van der Waals surface area contributed by atoms with E-state index < -0.39 is 6.36 Å². The second kappa shape index (κ2) is 8.12. The first-order chi connectivity index (χ1) is 12.4. The maximum atomic E-state index is 12.1. The van der Waals surface area contributed by atoms with Crippen molar-refractivity contribution in [1.29, 1.82) is 0 Å². The van der Waals surface area contributed by atoms with Crippen molar-refractivity contribution >= 4 is 39.8 Å². The molecule has 0 radical (unpaired) electrons. The van der Waals surface area contributed by atoms with Gasteiger partial charge in [0.1, 0.15) is 5.75 Å². The van der Waals surface area contributed by atoms with Crippen LogP contribution >= 0.6 is 23.1 Å². The fraction of sp³-hybridized carbons (Fsp3) is 0.400. The van der Waals surface area contributed by atoms with Gasteiger partial charge in [0.25, 0.3) is 0 Å². The zero-order valence-electron chi connectivity index (χ0n) is 13.5. The molecule has 2 aromatic rings. The zero-order valence-corrected chi connectivity index (χ0v) is 15.1. The summed E-state index contributed by atoms with van der Waals surface area (Å²) in [5.74, 6) is 0.118. The molecule has 0 spiro atoms. The molecule has 140 valence electrons. The number of amides is 1. The van der Waals surface area contributed by atoms with Crippen LogP contribution in [0.4, 0.5) is 24.0 Å². The lowest BCUT2D eigenvalue weighted by Crippen LogP contribution is -2.29. The molecule has 1 aromatic carbocycles. The Morgan fingerprint density at radius 1 is 1.23 bits per heavy atom. The molecule has 6 nitrogen and oxygen atoms in total. The Morgan fingerprint density at radius 2 is 1.92 bits per heavy atom. The first kappa shape index (κ1) is 18.8. The van der Waals surface area contributed by atoms with E-state index in [9.17, 15) is 18.0 Å². The number of halogens is 3. The molecule has 1 N–H and O–H groups in total. The van der Waals surface area contributed by atoms with Crippen molar-refractivity contribution in [3.63, 3.8) is 0 Å². The van der Waals surface area contributed by atoms with Gasteiger partial charge in [-0.15, -0.1) is 23.4 Å². The van der Waals surface area contributed by atoms with Crippen LogP contribution in [0, 0.1) is 0 Å². The lowest BCUT2D eigenvalue weighted by atomic mass is 10.3. The van der Waals surface area contributed by atoms with Gasteiger partial charge in [-0.3, -0.25) is 4.79 Å². The number of ether oxygens (including phenoxy) is 1. The van der Waals surface area contributed by atoms with Crippen molar-refractivity contribution in [3.05, 3.63) is 24.3 Å². The van der Waals surface area contributed by atoms with E-state index in [0.717, 1.165) is 25.9 Å². The Morgan fingerprint density at radius 3 is 2.58 bits per heavy atom. The van der Waals surface area contributed by atoms with Crippen molar-refractivity contribution in [2.75, 3.05) is 24.2 Å². The lowest BCUT2D eigenvalue weighted by Gasteiger charge is -2.13. The molecule has 1 fully saturated rings. The molecule has 2 heterocycles. The predicted molar refractivity (Wildman–Crippen MR) is 92.9 cm³/mol. The molecule has 0 bridgehead atoms. The molecular formula is C15H15F3N4O2S2. The highest BCUT2D eigenvalue weighted by atomic mass is 32.2. The molecular weight excluding hydrogens is 389 g/mol. The minimum absolute atomic E-state index is 0.0949. The van der Waals surface area contributed by atoms with E-state index in [1.54, 1.807) is 0 Å². The normalized spacial score (nSPS) is 14.5. The zero-order chi connectivity index (χ0) is 18.6. The number of hydrogen-bond acceptors (Lipinski definition) is 7. The van der Waals surface area contributed by atoms with Gasteiger partial charge in [0.2, 0.25) is 11.0 Å². The summed E-state index contributed by atoms with van der Waals surface area (Å²) >= 11 is 2.60. The number of thioether (sulfide) groups is 1. The third-order valence-electron chi connectivity index (χ3n) is 3.52. The first-order valence-electron chi connectivity index (χ1n) is 7.76. The summed E-state index contributed by atoms with van der Waals surface area (Å²) in [6.45, 7) is 1.63. The van der Waals surface area contributed by atoms with Gasteiger partial charge < -0.3 is 15.0 Å². The smallest absolute Gasteiger partial charge is 0.406 e. The van der Waals surface area contributed by atoms with Crippen LogP contribution < -0.4 is 10.1 Å². The third-order valence-corrected chi connectivity index (χ3v) is 5.48. The number of anilines is 2. The van der Waals surface area contributed by atoms with Crippen LogP contribution in [0.3, 0.4) is 0 Å². The van der Waals surface area contributed by atoms with Gasteiger partial charge in [0.15, 0.2) is 4.34 Å². The standard InChI is InChI=1S/C15H15F3N4O2S2/c16-15(17,18)24-11-5-3-10(4-6-11)19-13-20-21-14(26-13)25-9-12(23)22-7-1-2-8-22/h3-6H,1-2,7-9H2,(H,19,20). The Kier molecular flexibility index (Phi) is 5.87. The van der Waals surface area contributed by atoms with E-state index in [0.29, 0.717) is 20.9 Å². The van der Waals surface area contributed by atoms with Crippen LogP contribution in [-0.2, 0) is 4.79 Å². The second-order valence-corrected chi connectivity index (χ2v) is 7.65. The highest BCUT2D eigenvalue weighted by Crippen LogP contribution is 2.29. The van der Waals surface area contributed by atoms with Crippen LogP contribution in [-0.4, -0.2) is 46.2 Å². The molecule has 26 heavy (non-hydrogen) atoms. The van der Waals surface area contributed by atoms with Crippen LogP contribution in [0.5, 0.6) is 5.75 Å². The van der Waals surface area contributed by atoms with Crippen molar-refractivity contribution in [1.82, 2.24) is 15.1 Å². The number of hydrogen-bond donors (Lipinski definition) is 1. The van der Waals surface area contributed by atoms with Crippen molar-refractivity contribution in [2.45, 2.75) is 23.5 Å². The second-order valence-electron chi connectivity index (χ2n) is 5.45. The number of aromatic nitrogens is 2. The predicted octanol–water partition coefficient (Wildman–Crippen LogP) is 3.89. The number of nitrogens with one attached hydrogen (secondary N) is 1. The van der Waals surface area contributed by atoms with E-state index in [4.69, 9.17) is 0 Å². The molecule has 11 heteroatoms. The number of likely N-dealkylation sites (tertiary alicyclic amines) is 1. The van der Waals surface area contributed by atoms with E-state index in [1.165, 1.54) is 47.4 Å². The first-order valence-corrected chi connectivity index (χ1v) is 9.56. The summed E-state index contributed by atoms with van der Waals surface area (Å²) in [5.41, 5.74) is 0.556. The molecule has 1 aliphatic rings. The van der Waals surface area contributed by atoms with Gasteiger partial charge in [0, 0.05) is 18.8 Å². The molecule has 0 aliphatic carbocycles. The van der Waals surface area contributed by atoms with Gasteiger partial charge >= 0.3 is 6.36 Å². The van der Waals surface area contributed by atoms with Crippen LogP contribution in [0.2, 0.25) is 0 Å². The summed E-state index contributed by atoms with van der Waals surface area (Å²) in [4.78, 5) is 13.8. The Balaban J connectivity index is 1.50. The SMILES string of the molecule is O=C(CSc1nnc(Nc2ccc(OC(F)(F)F)cc2)s1)N1CCCC1. The van der Waals surface area contributed by atoms with Gasteiger partial charge in [0.05, 0.1) is 5.75 Å². The molecule has 1 aromatic heterocycles. The molecule has 3 rings (SSSR count). The lowest BCUT2D eigenvalue weighted by molar-refractivity contribution is -0.274. The Hall–Kier alpha value is -2.01. The van der Waals surface area contributed by atoms with Crippen LogP contribution in [0.25, 0.3) is 0 Å². The maximum absolute atomic E-state index is 12.1. The monoisotopic (exact) mass is 404 g/mol. The number of rotatable bonds is 6. The molecule has 0 unspecified atom stereocenters. The number of carbonyl (C=O) groups excluding carboxylic acids is 1. The highest BCUT2D eigenvalue weighted by molar-refractivity contribution is 8.01. The van der Waals surface area contributed by atoms with Crippen molar-refractivity contribution < 1.29 is 22.7 Å². The molecule has 0 atom stereocenters. The minimum atomic E-state index is -4.72. The molecule has 1 amide bonds. The van der Waals surface area contributed by atoms with Gasteiger partial charge in [-0.05, 0) is 37.1 Å². The summed E-state index contributed by atoms with van der Waals surface area (Å²) in [7, 11) is 0. The van der Waals surface area contributed by atoms with Gasteiger partial charge in [-0.1, -0.05) is 23.1 Å². The minimum Gasteiger partial charge on any atom is -0.406 e.